The first kappa shape index (κ1) is 15.2. The van der Waals surface area contributed by atoms with Crippen LogP contribution in [0, 0.1) is 5.82 Å². The second-order valence-electron chi connectivity index (χ2n) is 4.82. The number of halogens is 2. The van der Waals surface area contributed by atoms with Gasteiger partial charge < -0.3 is 10.6 Å². The Morgan fingerprint density at radius 1 is 1.40 bits per heavy atom. The molecule has 0 bridgehead atoms. The van der Waals surface area contributed by atoms with Crippen LogP contribution in [-0.2, 0) is 11.2 Å². The monoisotopic (exact) mass is 299 g/mol. The topological polar surface area (TPSA) is 44.4 Å². The van der Waals surface area contributed by atoms with Crippen molar-refractivity contribution in [1.82, 2.24) is 15.5 Å². The molecule has 6 heteroatoms. The van der Waals surface area contributed by atoms with Gasteiger partial charge in [-0.3, -0.25) is 9.69 Å². The summed E-state index contributed by atoms with van der Waals surface area (Å²) in [6.45, 7) is 5.35. The van der Waals surface area contributed by atoms with Gasteiger partial charge >= 0.3 is 0 Å². The fourth-order valence-corrected chi connectivity index (χ4v) is 2.44. The van der Waals surface area contributed by atoms with Gasteiger partial charge in [0.2, 0.25) is 5.91 Å². The Hall–Kier alpha value is -1.17. The van der Waals surface area contributed by atoms with Crippen LogP contribution in [0.2, 0.25) is 5.02 Å². The maximum atomic E-state index is 13.5. The zero-order valence-electron chi connectivity index (χ0n) is 11.3. The highest BCUT2D eigenvalue weighted by molar-refractivity contribution is 6.31. The van der Waals surface area contributed by atoms with E-state index < -0.39 is 5.82 Å². The van der Waals surface area contributed by atoms with Crippen LogP contribution >= 0.6 is 11.6 Å². The predicted octanol–water partition coefficient (Wildman–Crippen LogP) is 1.04. The molecule has 0 aromatic heterocycles. The Balaban J connectivity index is 1.75. The zero-order chi connectivity index (χ0) is 14.4. The predicted molar refractivity (Wildman–Crippen MR) is 77.4 cm³/mol. The van der Waals surface area contributed by atoms with Gasteiger partial charge in [-0.1, -0.05) is 17.7 Å². The van der Waals surface area contributed by atoms with Crippen LogP contribution in [0.3, 0.4) is 0 Å². The number of hydrogen-bond donors (Lipinski definition) is 2. The summed E-state index contributed by atoms with van der Waals surface area (Å²) in [4.78, 5) is 14.1. The van der Waals surface area contributed by atoms with Crippen LogP contribution in [0.4, 0.5) is 4.39 Å². The quantitative estimate of drug-likeness (QED) is 0.854. The van der Waals surface area contributed by atoms with Crippen LogP contribution < -0.4 is 10.6 Å². The average Bonchev–Trinajstić information content (AvgIpc) is 2.44. The molecule has 20 heavy (non-hydrogen) atoms. The SMILES string of the molecule is O=C(Cc1c(F)cccc1Cl)NCCN1CCNCC1. The molecule has 1 amide bonds. The summed E-state index contributed by atoms with van der Waals surface area (Å²) < 4.78 is 13.5. The van der Waals surface area contributed by atoms with Crippen molar-refractivity contribution in [2.75, 3.05) is 39.3 Å². The molecule has 1 heterocycles. The van der Waals surface area contributed by atoms with Gasteiger partial charge in [-0.25, -0.2) is 4.39 Å². The normalized spacial score (nSPS) is 16.1. The largest absolute Gasteiger partial charge is 0.355 e. The maximum absolute atomic E-state index is 13.5. The third kappa shape index (κ3) is 4.44. The van der Waals surface area contributed by atoms with Crippen molar-refractivity contribution in [2.45, 2.75) is 6.42 Å². The molecule has 1 saturated heterocycles. The highest BCUT2D eigenvalue weighted by atomic mass is 35.5. The molecule has 1 aromatic carbocycles. The fraction of sp³-hybridized carbons (Fsp3) is 0.500. The number of nitrogens with zero attached hydrogens (tertiary/aromatic N) is 1. The molecule has 1 aliphatic heterocycles. The molecule has 1 aromatic rings. The van der Waals surface area contributed by atoms with E-state index in [1.165, 1.54) is 12.1 Å². The second kappa shape index (κ2) is 7.57. The third-order valence-electron chi connectivity index (χ3n) is 3.36. The number of benzene rings is 1. The lowest BCUT2D eigenvalue weighted by Gasteiger charge is -2.27. The van der Waals surface area contributed by atoms with Gasteiger partial charge in [0.25, 0.3) is 0 Å². The Bertz CT molecular complexity index is 443. The number of hydrogen-bond acceptors (Lipinski definition) is 3. The molecule has 0 unspecified atom stereocenters. The molecule has 1 aliphatic rings. The van der Waals surface area contributed by atoms with Gasteiger partial charge in [0.1, 0.15) is 5.82 Å². The summed E-state index contributed by atoms with van der Waals surface area (Å²) in [7, 11) is 0. The van der Waals surface area contributed by atoms with Gasteiger partial charge in [0.05, 0.1) is 6.42 Å². The molecule has 1 fully saturated rings. The Labute approximate surface area is 123 Å². The Morgan fingerprint density at radius 3 is 2.85 bits per heavy atom. The van der Waals surface area contributed by atoms with Crippen molar-refractivity contribution in [3.8, 4) is 0 Å². The van der Waals surface area contributed by atoms with Crippen LogP contribution in [0.1, 0.15) is 5.56 Å². The summed E-state index contributed by atoms with van der Waals surface area (Å²) in [6, 6.07) is 4.44. The minimum absolute atomic E-state index is 0.0208. The lowest BCUT2D eigenvalue weighted by molar-refractivity contribution is -0.120. The van der Waals surface area contributed by atoms with Gasteiger partial charge in [-0.2, -0.15) is 0 Å². The van der Waals surface area contributed by atoms with E-state index in [9.17, 15) is 9.18 Å². The third-order valence-corrected chi connectivity index (χ3v) is 3.71. The standard InChI is InChI=1S/C14H19ClFN3O/c15-12-2-1-3-13(16)11(12)10-14(20)18-6-9-19-7-4-17-5-8-19/h1-3,17H,4-10H2,(H,18,20). The first-order valence-electron chi connectivity index (χ1n) is 6.79. The van der Waals surface area contributed by atoms with Gasteiger partial charge in [0, 0.05) is 49.9 Å². The van der Waals surface area contributed by atoms with Crippen LogP contribution in [-0.4, -0.2) is 50.1 Å². The molecule has 0 saturated carbocycles. The van der Waals surface area contributed by atoms with Crippen molar-refractivity contribution in [2.24, 2.45) is 0 Å². The van der Waals surface area contributed by atoms with Crippen molar-refractivity contribution in [3.63, 3.8) is 0 Å². The molecule has 2 N–H and O–H groups in total. The highest BCUT2D eigenvalue weighted by Gasteiger charge is 2.13. The minimum atomic E-state index is -0.435. The molecule has 0 atom stereocenters. The number of carbonyl (C=O) groups is 1. The van der Waals surface area contributed by atoms with E-state index in [2.05, 4.69) is 15.5 Å². The van der Waals surface area contributed by atoms with E-state index in [-0.39, 0.29) is 17.9 Å². The van der Waals surface area contributed by atoms with E-state index in [1.807, 2.05) is 0 Å². The van der Waals surface area contributed by atoms with Crippen molar-refractivity contribution < 1.29 is 9.18 Å². The van der Waals surface area contributed by atoms with Crippen molar-refractivity contribution in [1.29, 1.82) is 0 Å². The van der Waals surface area contributed by atoms with Crippen molar-refractivity contribution in [3.05, 3.63) is 34.6 Å². The molecular weight excluding hydrogens is 281 g/mol. The fourth-order valence-electron chi connectivity index (χ4n) is 2.21. The Kier molecular flexibility index (Phi) is 5.76. The molecule has 110 valence electrons. The average molecular weight is 300 g/mol. The molecule has 2 rings (SSSR count). The van der Waals surface area contributed by atoms with Crippen LogP contribution in [0.25, 0.3) is 0 Å². The molecule has 0 aliphatic carbocycles. The summed E-state index contributed by atoms with van der Waals surface area (Å²) in [5.41, 5.74) is 0.258. The molecule has 0 radical (unpaired) electrons. The van der Waals surface area contributed by atoms with E-state index in [1.54, 1.807) is 6.07 Å². The first-order valence-corrected chi connectivity index (χ1v) is 7.17. The lowest BCUT2D eigenvalue weighted by Crippen LogP contribution is -2.46. The first-order chi connectivity index (χ1) is 9.66. The summed E-state index contributed by atoms with van der Waals surface area (Å²) in [6.07, 6.45) is -0.0208. The second-order valence-corrected chi connectivity index (χ2v) is 5.23. The lowest BCUT2D eigenvalue weighted by atomic mass is 10.1. The minimum Gasteiger partial charge on any atom is -0.355 e. The zero-order valence-corrected chi connectivity index (χ0v) is 12.0. The number of nitrogens with one attached hydrogen (secondary N) is 2. The summed E-state index contributed by atoms with van der Waals surface area (Å²) in [5.74, 6) is -0.637. The number of piperazine rings is 1. The smallest absolute Gasteiger partial charge is 0.224 e. The van der Waals surface area contributed by atoms with Crippen LogP contribution in [0.15, 0.2) is 18.2 Å². The molecular formula is C14H19ClFN3O. The van der Waals surface area contributed by atoms with Gasteiger partial charge in [-0.05, 0) is 12.1 Å². The van der Waals surface area contributed by atoms with E-state index in [0.29, 0.717) is 11.6 Å². The Morgan fingerprint density at radius 2 is 2.15 bits per heavy atom. The van der Waals surface area contributed by atoms with Gasteiger partial charge in [-0.15, -0.1) is 0 Å². The highest BCUT2D eigenvalue weighted by Crippen LogP contribution is 2.19. The summed E-state index contributed by atoms with van der Waals surface area (Å²) >= 11 is 5.89. The molecule has 4 nitrogen and oxygen atoms in total. The van der Waals surface area contributed by atoms with Crippen molar-refractivity contribution >= 4 is 17.5 Å². The summed E-state index contributed by atoms with van der Waals surface area (Å²) in [5, 5.41) is 6.37. The van der Waals surface area contributed by atoms with E-state index >= 15 is 0 Å². The molecule has 0 spiro atoms. The van der Waals surface area contributed by atoms with Gasteiger partial charge in [0.15, 0.2) is 0 Å². The van der Waals surface area contributed by atoms with E-state index in [0.717, 1.165) is 32.7 Å². The number of carbonyl (C=O) groups excluding carboxylic acids is 1. The number of rotatable bonds is 5. The maximum Gasteiger partial charge on any atom is 0.224 e. The van der Waals surface area contributed by atoms with Crippen LogP contribution in [0.5, 0.6) is 0 Å². The van der Waals surface area contributed by atoms with E-state index in [4.69, 9.17) is 11.6 Å². The number of amides is 1.